The van der Waals surface area contributed by atoms with Crippen molar-refractivity contribution in [1.82, 2.24) is 0 Å². The number of carbonyl (C=O) groups excluding carboxylic acids is 2. The molecule has 0 aliphatic carbocycles. The predicted octanol–water partition coefficient (Wildman–Crippen LogP) is 10.2. The van der Waals surface area contributed by atoms with Crippen molar-refractivity contribution in [3.05, 3.63) is 24.3 Å². The summed E-state index contributed by atoms with van der Waals surface area (Å²) in [5.41, 5.74) is 0. The van der Waals surface area contributed by atoms with Crippen molar-refractivity contribution in [3.8, 4) is 0 Å². The molecule has 0 aromatic carbocycles. The molecule has 0 bridgehead atoms. The highest BCUT2D eigenvalue weighted by molar-refractivity contribution is 5.79. The van der Waals surface area contributed by atoms with Gasteiger partial charge in [-0.1, -0.05) is 205 Å². The Labute approximate surface area is 346 Å². The minimum absolute atomic E-state index is 0.478. The quantitative estimate of drug-likeness (QED) is 0.0240. The van der Waals surface area contributed by atoms with Gasteiger partial charge in [0.15, 0.2) is 6.10 Å². The Morgan fingerprint density at radius 3 is 1.25 bits per heavy atom. The second-order valence-electron chi connectivity index (χ2n) is 16.9. The zero-order valence-corrected chi connectivity index (χ0v) is 36.2. The van der Waals surface area contributed by atoms with Crippen LogP contribution < -0.4 is 0 Å². The molecule has 10 nitrogen and oxygen atoms in total. The van der Waals surface area contributed by atoms with Gasteiger partial charge in [-0.25, -0.2) is 0 Å². The van der Waals surface area contributed by atoms with Crippen LogP contribution in [0.3, 0.4) is 0 Å². The van der Waals surface area contributed by atoms with Gasteiger partial charge in [-0.2, -0.15) is 0 Å². The van der Waals surface area contributed by atoms with E-state index in [9.17, 15) is 35.1 Å². The number of esters is 2. The highest BCUT2D eigenvalue weighted by atomic mass is 16.8. The van der Waals surface area contributed by atoms with Gasteiger partial charge in [-0.15, -0.1) is 0 Å². The first-order chi connectivity index (χ1) is 27.6. The SMILES string of the molecule is CCCCCCCCCCCCCCCC/C=C/C(/C=C/CCCCCCCCCCCCCCCC)C1(O)O[C@H](CO)[C@H](O)[C@]2(O)OC(=O)CCC(=O)O[C@]12O. The second kappa shape index (κ2) is 30.2. The zero-order chi connectivity index (χ0) is 41.7. The molecule has 1 unspecified atom stereocenters. The first kappa shape index (κ1) is 51.3. The van der Waals surface area contributed by atoms with E-state index in [-0.39, 0.29) is 0 Å². The number of aliphatic hydroxyl groups excluding tert-OH is 2. The summed E-state index contributed by atoms with van der Waals surface area (Å²) >= 11 is 0. The van der Waals surface area contributed by atoms with Crippen LogP contribution in [0.15, 0.2) is 24.3 Å². The van der Waals surface area contributed by atoms with Crippen molar-refractivity contribution in [1.29, 1.82) is 0 Å². The van der Waals surface area contributed by atoms with E-state index in [0.29, 0.717) is 12.8 Å². The molecule has 0 aromatic heterocycles. The third-order valence-corrected chi connectivity index (χ3v) is 11.9. The van der Waals surface area contributed by atoms with Crippen LogP contribution in [-0.4, -0.2) is 73.6 Å². The lowest BCUT2D eigenvalue weighted by atomic mass is 9.78. The molecule has 0 aromatic rings. The molecule has 2 fully saturated rings. The summed E-state index contributed by atoms with van der Waals surface area (Å²) in [6, 6.07) is 0. The van der Waals surface area contributed by atoms with E-state index in [4.69, 9.17) is 14.2 Å². The standard InChI is InChI=1S/C47H84O10/c1-3-5-7-9-11-13-15-17-19-21-23-25-27-29-31-33-35-40(36-34-32-30-28-26-24-22-20-18-16-14-12-10-8-6-4-2)45(52)47(54)46(53,44(51)41(39-48)55-45)56-42(49)37-38-43(50)57-47/h33-36,40-41,44,48,51-54H,3-32,37-39H2,1-2H3/b35-33+,36-34+/t41-,44+,45?,46+,47-/m1/s1. The Morgan fingerprint density at radius 2 is 0.895 bits per heavy atom. The molecule has 0 spiro atoms. The Balaban J connectivity index is 1.96. The number of fused-ring (bicyclic) bond motifs is 1. The Hall–Kier alpha value is -1.82. The summed E-state index contributed by atoms with van der Waals surface area (Å²) in [5.74, 6) is -13.1. The van der Waals surface area contributed by atoms with Crippen LogP contribution in [0.2, 0.25) is 0 Å². The molecule has 2 saturated heterocycles. The van der Waals surface area contributed by atoms with Crippen molar-refractivity contribution in [3.63, 3.8) is 0 Å². The van der Waals surface area contributed by atoms with Crippen LogP contribution in [0.25, 0.3) is 0 Å². The molecular formula is C47H84O10. The van der Waals surface area contributed by atoms with E-state index in [1.165, 1.54) is 141 Å². The van der Waals surface area contributed by atoms with E-state index >= 15 is 0 Å². The zero-order valence-electron chi connectivity index (χ0n) is 36.2. The van der Waals surface area contributed by atoms with Gasteiger partial charge in [-0.3, -0.25) is 9.59 Å². The molecule has 2 aliphatic heterocycles. The van der Waals surface area contributed by atoms with E-state index in [1.54, 1.807) is 12.2 Å². The van der Waals surface area contributed by atoms with E-state index < -0.39 is 66.9 Å². The summed E-state index contributed by atoms with van der Waals surface area (Å²) in [7, 11) is 0. The number of ether oxygens (including phenoxy) is 3. The fourth-order valence-electron chi connectivity index (χ4n) is 8.17. The molecule has 0 radical (unpaired) electrons. The molecule has 2 aliphatic rings. The monoisotopic (exact) mass is 809 g/mol. The first-order valence-corrected chi connectivity index (χ1v) is 23.5. The predicted molar refractivity (Wildman–Crippen MR) is 226 cm³/mol. The van der Waals surface area contributed by atoms with Crippen LogP contribution in [0, 0.1) is 5.92 Å². The maximum absolute atomic E-state index is 12.8. The minimum atomic E-state index is -3.43. The van der Waals surface area contributed by atoms with Gasteiger partial charge in [0.2, 0.25) is 0 Å². The average molecular weight is 809 g/mol. The summed E-state index contributed by atoms with van der Waals surface area (Å²) < 4.78 is 16.1. The molecule has 2 rings (SSSR count). The number of aliphatic hydroxyl groups is 5. The van der Waals surface area contributed by atoms with Gasteiger partial charge in [0.05, 0.1) is 25.4 Å². The van der Waals surface area contributed by atoms with Gasteiger partial charge in [-0.05, 0) is 25.7 Å². The molecule has 5 N–H and O–H groups in total. The number of unbranched alkanes of at least 4 members (excludes halogenated alkanes) is 28. The average Bonchev–Trinajstić information content (AvgIpc) is 3.19. The van der Waals surface area contributed by atoms with Crippen LogP contribution in [0.4, 0.5) is 0 Å². The number of hydrogen-bond acceptors (Lipinski definition) is 10. The number of hydrogen-bond donors (Lipinski definition) is 5. The second-order valence-corrected chi connectivity index (χ2v) is 16.9. The molecule has 10 heteroatoms. The largest absolute Gasteiger partial charge is 0.423 e. The molecular weight excluding hydrogens is 725 g/mol. The Bertz CT molecular complexity index is 1070. The van der Waals surface area contributed by atoms with Gasteiger partial charge in [0.25, 0.3) is 5.79 Å². The van der Waals surface area contributed by atoms with Crippen LogP contribution in [0.5, 0.6) is 0 Å². The number of allylic oxidation sites excluding steroid dienone is 2. The Kier molecular flexibility index (Phi) is 27.2. The maximum Gasteiger partial charge on any atom is 0.335 e. The van der Waals surface area contributed by atoms with Crippen molar-refractivity contribution >= 4 is 11.9 Å². The van der Waals surface area contributed by atoms with Gasteiger partial charge < -0.3 is 39.7 Å². The minimum Gasteiger partial charge on any atom is -0.423 e. The first-order valence-electron chi connectivity index (χ1n) is 23.5. The van der Waals surface area contributed by atoms with Gasteiger partial charge in [0, 0.05) is 0 Å². The van der Waals surface area contributed by atoms with Gasteiger partial charge >= 0.3 is 23.5 Å². The van der Waals surface area contributed by atoms with Crippen molar-refractivity contribution < 1.29 is 49.3 Å². The smallest absolute Gasteiger partial charge is 0.335 e. The highest BCUT2D eigenvalue weighted by Gasteiger charge is 2.79. The lowest BCUT2D eigenvalue weighted by molar-refractivity contribution is -0.517. The van der Waals surface area contributed by atoms with Crippen LogP contribution in [-0.2, 0) is 23.8 Å². The molecule has 5 atom stereocenters. The fraction of sp³-hybridized carbons (Fsp3) is 0.872. The lowest BCUT2D eigenvalue weighted by Crippen LogP contribution is -2.83. The fourth-order valence-corrected chi connectivity index (χ4v) is 8.17. The molecule has 332 valence electrons. The number of carbonyl (C=O) groups is 2. The normalized spacial score (nSPS) is 25.5. The third kappa shape index (κ3) is 18.1. The van der Waals surface area contributed by atoms with Crippen molar-refractivity contribution in [2.45, 2.75) is 249 Å². The van der Waals surface area contributed by atoms with Crippen molar-refractivity contribution in [2.24, 2.45) is 5.92 Å². The van der Waals surface area contributed by atoms with E-state index in [1.807, 2.05) is 12.2 Å². The summed E-state index contributed by atoms with van der Waals surface area (Å²) in [4.78, 5) is 25.3. The Morgan fingerprint density at radius 1 is 0.561 bits per heavy atom. The summed E-state index contributed by atoms with van der Waals surface area (Å²) in [6.07, 6.45) is 38.3. The van der Waals surface area contributed by atoms with Crippen LogP contribution in [0.1, 0.15) is 219 Å². The number of rotatable bonds is 34. The van der Waals surface area contributed by atoms with Crippen LogP contribution >= 0.6 is 0 Å². The maximum atomic E-state index is 12.8. The van der Waals surface area contributed by atoms with E-state index in [2.05, 4.69) is 13.8 Å². The molecule has 0 amide bonds. The molecule has 2 heterocycles. The molecule has 57 heavy (non-hydrogen) atoms. The summed E-state index contributed by atoms with van der Waals surface area (Å²) in [5, 5.41) is 56.8. The molecule has 0 saturated carbocycles. The van der Waals surface area contributed by atoms with Crippen molar-refractivity contribution in [2.75, 3.05) is 6.61 Å². The topological polar surface area (TPSA) is 163 Å². The summed E-state index contributed by atoms with van der Waals surface area (Å²) in [6.45, 7) is 3.60. The van der Waals surface area contributed by atoms with Gasteiger partial charge in [0.1, 0.15) is 6.10 Å². The third-order valence-electron chi connectivity index (χ3n) is 11.9. The van der Waals surface area contributed by atoms with E-state index in [0.717, 1.165) is 38.5 Å². The lowest BCUT2D eigenvalue weighted by Gasteiger charge is -2.57. The highest BCUT2D eigenvalue weighted by Crippen LogP contribution is 2.50.